The molecule has 6 heteroatoms. The van der Waals surface area contributed by atoms with E-state index in [1.165, 1.54) is 6.33 Å². The third-order valence-corrected chi connectivity index (χ3v) is 3.30. The summed E-state index contributed by atoms with van der Waals surface area (Å²) in [6.07, 6.45) is -0.00104. The van der Waals surface area contributed by atoms with Crippen LogP contribution in [0.25, 0.3) is 10.9 Å². The molecule has 0 amide bonds. The van der Waals surface area contributed by atoms with E-state index in [9.17, 15) is 10.2 Å². The molecule has 0 aliphatic rings. The molecule has 2 atom stereocenters. The van der Waals surface area contributed by atoms with Crippen molar-refractivity contribution in [1.82, 2.24) is 9.97 Å². The predicted octanol–water partition coefficient (Wildman–Crippen LogP) is 2.00. The lowest BCUT2D eigenvalue weighted by molar-refractivity contribution is 0.0173. The van der Waals surface area contributed by atoms with Crippen LogP contribution < -0.4 is 0 Å². The Morgan fingerprint density at radius 2 is 2.06 bits per heavy atom. The van der Waals surface area contributed by atoms with Gasteiger partial charge in [-0.15, -0.1) is 0 Å². The Balaban J connectivity index is 2.37. The van der Waals surface area contributed by atoms with Gasteiger partial charge in [-0.05, 0) is 29.9 Å². The minimum Gasteiger partial charge on any atom is -0.390 e. The molecule has 2 aromatic rings. The second-order valence-corrected chi connectivity index (χ2v) is 4.77. The van der Waals surface area contributed by atoms with Gasteiger partial charge in [-0.1, -0.05) is 17.7 Å². The van der Waals surface area contributed by atoms with Crippen LogP contribution in [0, 0.1) is 0 Å². The Bertz CT molecular complexity index is 553. The minimum atomic E-state index is -0.960. The van der Waals surface area contributed by atoms with E-state index >= 15 is 0 Å². The number of nitrogens with zero attached hydrogens (tertiary/aromatic N) is 2. The molecule has 1 heterocycles. The first-order chi connectivity index (χ1) is 8.63. The molecule has 0 saturated heterocycles. The molecule has 0 bridgehead atoms. The van der Waals surface area contributed by atoms with Crippen LogP contribution in [0.15, 0.2) is 24.5 Å². The molecule has 2 unspecified atom stereocenters. The fourth-order valence-electron chi connectivity index (χ4n) is 1.74. The summed E-state index contributed by atoms with van der Waals surface area (Å²) in [6, 6.07) is 5.16. The van der Waals surface area contributed by atoms with Gasteiger partial charge in [0.1, 0.15) is 17.6 Å². The summed E-state index contributed by atoms with van der Waals surface area (Å²) < 4.78 is 0. The first kappa shape index (κ1) is 13.5. The van der Waals surface area contributed by atoms with E-state index in [0.717, 1.165) is 0 Å². The Labute approximate surface area is 115 Å². The molecule has 0 aliphatic carbocycles. The van der Waals surface area contributed by atoms with Gasteiger partial charge in [-0.3, -0.25) is 0 Å². The van der Waals surface area contributed by atoms with Crippen molar-refractivity contribution in [2.24, 2.45) is 0 Å². The van der Waals surface area contributed by atoms with Gasteiger partial charge < -0.3 is 10.2 Å². The highest BCUT2D eigenvalue weighted by molar-refractivity contribution is 7.80. The fourth-order valence-corrected chi connectivity index (χ4v) is 2.20. The zero-order valence-electron chi connectivity index (χ0n) is 9.49. The van der Waals surface area contributed by atoms with Crippen LogP contribution in [-0.2, 0) is 0 Å². The SMILES string of the molecule is OC(CCS)C(O)c1ccc2ncnc(Cl)c2c1. The average molecular weight is 285 g/mol. The quantitative estimate of drug-likeness (QED) is 0.593. The fraction of sp³-hybridized carbons (Fsp3) is 0.333. The summed E-state index contributed by atoms with van der Waals surface area (Å²) >= 11 is 10.00. The molecule has 2 rings (SSSR count). The summed E-state index contributed by atoms with van der Waals surface area (Å²) in [5, 5.41) is 20.7. The van der Waals surface area contributed by atoms with Gasteiger partial charge >= 0.3 is 0 Å². The third kappa shape index (κ3) is 2.75. The smallest absolute Gasteiger partial charge is 0.140 e. The van der Waals surface area contributed by atoms with Crippen molar-refractivity contribution < 1.29 is 10.2 Å². The molecule has 18 heavy (non-hydrogen) atoms. The minimum absolute atomic E-state index is 0.331. The molecule has 0 radical (unpaired) electrons. The first-order valence-electron chi connectivity index (χ1n) is 5.50. The zero-order valence-corrected chi connectivity index (χ0v) is 11.1. The number of halogens is 1. The predicted molar refractivity (Wildman–Crippen MR) is 74.0 cm³/mol. The number of rotatable bonds is 4. The van der Waals surface area contributed by atoms with E-state index in [1.807, 2.05) is 0 Å². The lowest BCUT2D eigenvalue weighted by Crippen LogP contribution is -2.18. The van der Waals surface area contributed by atoms with Gasteiger partial charge in [-0.25, -0.2) is 9.97 Å². The van der Waals surface area contributed by atoms with Gasteiger partial charge in [0.15, 0.2) is 0 Å². The maximum Gasteiger partial charge on any atom is 0.140 e. The summed E-state index contributed by atoms with van der Waals surface area (Å²) in [6.45, 7) is 0. The van der Waals surface area contributed by atoms with E-state index in [0.29, 0.717) is 33.8 Å². The van der Waals surface area contributed by atoms with Crippen LogP contribution in [0.3, 0.4) is 0 Å². The van der Waals surface area contributed by atoms with Gasteiger partial charge in [0, 0.05) is 5.39 Å². The first-order valence-corrected chi connectivity index (χ1v) is 6.51. The van der Waals surface area contributed by atoms with E-state index in [-0.39, 0.29) is 0 Å². The summed E-state index contributed by atoms with van der Waals surface area (Å²) in [4.78, 5) is 7.96. The molecule has 0 fully saturated rings. The van der Waals surface area contributed by atoms with E-state index < -0.39 is 12.2 Å². The van der Waals surface area contributed by atoms with Crippen LogP contribution >= 0.6 is 24.2 Å². The molecular formula is C12H13ClN2O2S. The highest BCUT2D eigenvalue weighted by atomic mass is 35.5. The van der Waals surface area contributed by atoms with Crippen molar-refractivity contribution in [3.63, 3.8) is 0 Å². The number of fused-ring (bicyclic) bond motifs is 1. The molecule has 0 aliphatic heterocycles. The van der Waals surface area contributed by atoms with Gasteiger partial charge in [0.25, 0.3) is 0 Å². The molecule has 2 N–H and O–H groups in total. The van der Waals surface area contributed by atoms with Crippen molar-refractivity contribution in [2.75, 3.05) is 5.75 Å². The highest BCUT2D eigenvalue weighted by Crippen LogP contribution is 2.26. The number of benzene rings is 1. The van der Waals surface area contributed by atoms with E-state index in [2.05, 4.69) is 22.6 Å². The Morgan fingerprint density at radius 3 is 2.78 bits per heavy atom. The number of aromatic nitrogens is 2. The molecule has 0 saturated carbocycles. The highest BCUT2D eigenvalue weighted by Gasteiger charge is 2.18. The molecule has 1 aromatic heterocycles. The van der Waals surface area contributed by atoms with Gasteiger partial charge in [0.05, 0.1) is 11.6 Å². The maximum atomic E-state index is 10.0. The van der Waals surface area contributed by atoms with Crippen molar-refractivity contribution in [1.29, 1.82) is 0 Å². The van der Waals surface area contributed by atoms with Crippen molar-refractivity contribution in [3.05, 3.63) is 35.2 Å². The Kier molecular flexibility index (Phi) is 4.40. The number of hydrogen-bond acceptors (Lipinski definition) is 5. The summed E-state index contributed by atoms with van der Waals surface area (Å²) in [7, 11) is 0. The molecule has 96 valence electrons. The number of hydrogen-bond donors (Lipinski definition) is 3. The van der Waals surface area contributed by atoms with Crippen molar-refractivity contribution in [3.8, 4) is 0 Å². The second kappa shape index (κ2) is 5.84. The topological polar surface area (TPSA) is 66.2 Å². The van der Waals surface area contributed by atoms with E-state index in [1.54, 1.807) is 18.2 Å². The van der Waals surface area contributed by atoms with Crippen LogP contribution in [0.1, 0.15) is 18.1 Å². The normalized spacial score (nSPS) is 14.7. The summed E-state index contributed by atoms with van der Waals surface area (Å²) in [5.74, 6) is 0.510. The van der Waals surface area contributed by atoms with Crippen molar-refractivity contribution >= 4 is 35.1 Å². The van der Waals surface area contributed by atoms with Crippen LogP contribution in [0.4, 0.5) is 0 Å². The molecule has 4 nitrogen and oxygen atoms in total. The lowest BCUT2D eigenvalue weighted by atomic mass is 10.0. The molecule has 1 aromatic carbocycles. The van der Waals surface area contributed by atoms with E-state index in [4.69, 9.17) is 11.6 Å². The zero-order chi connectivity index (χ0) is 13.1. The Hall–Kier alpha value is -0.880. The van der Waals surface area contributed by atoms with Gasteiger partial charge in [-0.2, -0.15) is 12.6 Å². The monoisotopic (exact) mass is 284 g/mol. The maximum absolute atomic E-state index is 10.0. The van der Waals surface area contributed by atoms with Crippen molar-refractivity contribution in [2.45, 2.75) is 18.6 Å². The molecular weight excluding hydrogens is 272 g/mol. The molecule has 0 spiro atoms. The van der Waals surface area contributed by atoms with Crippen LogP contribution in [0.2, 0.25) is 5.15 Å². The number of aliphatic hydroxyl groups excluding tert-OH is 2. The number of aliphatic hydroxyl groups is 2. The van der Waals surface area contributed by atoms with Gasteiger partial charge in [0.2, 0.25) is 0 Å². The largest absolute Gasteiger partial charge is 0.390 e. The van der Waals surface area contributed by atoms with Crippen LogP contribution in [-0.4, -0.2) is 32.0 Å². The lowest BCUT2D eigenvalue weighted by Gasteiger charge is -2.17. The average Bonchev–Trinajstić information content (AvgIpc) is 2.38. The standard InChI is InChI=1S/C12H13ClN2O2S/c13-12-8-5-7(11(17)10(16)3-4-18)1-2-9(8)14-6-15-12/h1-2,5-6,10-11,16-18H,3-4H2. The van der Waals surface area contributed by atoms with Crippen LogP contribution in [0.5, 0.6) is 0 Å². The summed E-state index contributed by atoms with van der Waals surface area (Å²) in [5.41, 5.74) is 1.29. The second-order valence-electron chi connectivity index (χ2n) is 3.97. The third-order valence-electron chi connectivity index (χ3n) is 2.74. The Morgan fingerprint density at radius 1 is 1.28 bits per heavy atom. The number of thiol groups is 1.